The molecule has 1 N–H and O–H groups in total. The van der Waals surface area contributed by atoms with Crippen molar-refractivity contribution < 1.29 is 28.5 Å². The van der Waals surface area contributed by atoms with Gasteiger partial charge in [-0.2, -0.15) is 0 Å². The van der Waals surface area contributed by atoms with Gasteiger partial charge in [0.2, 0.25) is 0 Å². The van der Waals surface area contributed by atoms with Crippen molar-refractivity contribution in [2.24, 2.45) is 0 Å². The Bertz CT molecular complexity index is 839. The number of methoxy groups -OCH3 is 1. The maximum Gasteiger partial charge on any atom is 0.338 e. The summed E-state index contributed by atoms with van der Waals surface area (Å²) in [6.07, 6.45) is 0. The number of ether oxygens (including phenoxy) is 4. The molecule has 0 aliphatic carbocycles. The van der Waals surface area contributed by atoms with Crippen molar-refractivity contribution in [2.75, 3.05) is 32.2 Å². The maximum absolute atomic E-state index is 12.3. The van der Waals surface area contributed by atoms with Gasteiger partial charge in [0.05, 0.1) is 36.6 Å². The summed E-state index contributed by atoms with van der Waals surface area (Å²) in [6, 6.07) is 9.84. The highest BCUT2D eigenvalue weighted by Gasteiger charge is 2.18. The lowest BCUT2D eigenvalue weighted by molar-refractivity contribution is -0.119. The van der Waals surface area contributed by atoms with E-state index in [-0.39, 0.29) is 10.6 Å². The molecule has 0 fully saturated rings. The molecule has 2 aromatic carbocycles. The summed E-state index contributed by atoms with van der Waals surface area (Å²) in [5.74, 6) is -0.0291. The third-order valence-electron chi connectivity index (χ3n) is 3.55. The molecule has 0 aliphatic rings. The number of rotatable bonds is 9. The van der Waals surface area contributed by atoms with Crippen molar-refractivity contribution in [3.63, 3.8) is 0 Å². The van der Waals surface area contributed by atoms with Crippen LogP contribution in [0.2, 0.25) is 5.02 Å². The van der Waals surface area contributed by atoms with Gasteiger partial charge in [-0.05, 0) is 38.1 Å². The second kappa shape index (κ2) is 10.4. The number of esters is 1. The van der Waals surface area contributed by atoms with Crippen molar-refractivity contribution in [1.29, 1.82) is 0 Å². The Hall–Kier alpha value is -2.93. The Morgan fingerprint density at radius 1 is 1.04 bits per heavy atom. The normalized spacial score (nSPS) is 10.1. The topological polar surface area (TPSA) is 83.1 Å². The first-order valence-corrected chi connectivity index (χ1v) is 9.07. The predicted molar refractivity (Wildman–Crippen MR) is 106 cm³/mol. The molecular formula is C20H22ClNO6. The SMILES string of the molecule is CCOc1ccccc1NC(=O)COC(=O)c1cc(Cl)c(OCC)c(OC)c1. The minimum Gasteiger partial charge on any atom is -0.493 e. The molecule has 0 radical (unpaired) electrons. The van der Waals surface area contributed by atoms with Crippen LogP contribution in [0.3, 0.4) is 0 Å². The first-order chi connectivity index (χ1) is 13.5. The standard InChI is InChI=1S/C20H22ClNO6/c1-4-26-16-9-7-6-8-15(16)22-18(23)12-28-20(24)13-10-14(21)19(27-5-2)17(11-13)25-3/h6-11H,4-5,12H2,1-3H3,(H,22,23). The van der Waals surface area contributed by atoms with Crippen LogP contribution in [-0.4, -0.2) is 38.8 Å². The zero-order valence-electron chi connectivity index (χ0n) is 15.9. The number of carbonyl (C=O) groups excluding carboxylic acids is 2. The van der Waals surface area contributed by atoms with Gasteiger partial charge < -0.3 is 24.3 Å². The number of anilines is 1. The molecule has 0 saturated carbocycles. The first kappa shape index (κ1) is 21.4. The van der Waals surface area contributed by atoms with Gasteiger partial charge in [-0.25, -0.2) is 4.79 Å². The van der Waals surface area contributed by atoms with Gasteiger partial charge in [-0.15, -0.1) is 0 Å². The van der Waals surface area contributed by atoms with Crippen molar-refractivity contribution in [1.82, 2.24) is 0 Å². The molecule has 0 bridgehead atoms. The third kappa shape index (κ3) is 5.53. The number of halogens is 1. The first-order valence-electron chi connectivity index (χ1n) is 8.69. The second-order valence-corrected chi connectivity index (χ2v) is 5.88. The molecule has 0 heterocycles. The molecule has 0 unspecified atom stereocenters. The Morgan fingerprint density at radius 2 is 1.75 bits per heavy atom. The van der Waals surface area contributed by atoms with E-state index in [1.54, 1.807) is 31.2 Å². The highest BCUT2D eigenvalue weighted by Crippen LogP contribution is 2.36. The average Bonchev–Trinajstić information content (AvgIpc) is 2.69. The summed E-state index contributed by atoms with van der Waals surface area (Å²) in [4.78, 5) is 24.4. The van der Waals surface area contributed by atoms with E-state index in [2.05, 4.69) is 5.32 Å². The van der Waals surface area contributed by atoms with Crippen LogP contribution in [0.1, 0.15) is 24.2 Å². The van der Waals surface area contributed by atoms with Crippen molar-refractivity contribution in [3.8, 4) is 17.2 Å². The van der Waals surface area contributed by atoms with Gasteiger partial charge in [-0.1, -0.05) is 23.7 Å². The van der Waals surface area contributed by atoms with Crippen molar-refractivity contribution in [3.05, 3.63) is 47.0 Å². The Kier molecular flexibility index (Phi) is 7.95. The average molecular weight is 408 g/mol. The van der Waals surface area contributed by atoms with Crippen LogP contribution in [0.25, 0.3) is 0 Å². The van der Waals surface area contributed by atoms with Crippen LogP contribution >= 0.6 is 11.6 Å². The van der Waals surface area contributed by atoms with E-state index >= 15 is 0 Å². The fraction of sp³-hybridized carbons (Fsp3) is 0.300. The molecule has 7 nitrogen and oxygen atoms in total. The second-order valence-electron chi connectivity index (χ2n) is 5.48. The lowest BCUT2D eigenvalue weighted by atomic mass is 10.2. The number of amides is 1. The molecular weight excluding hydrogens is 386 g/mol. The summed E-state index contributed by atoms with van der Waals surface area (Å²) in [6.45, 7) is 4.04. The molecule has 0 saturated heterocycles. The summed E-state index contributed by atoms with van der Waals surface area (Å²) in [5, 5.41) is 2.86. The van der Waals surface area contributed by atoms with E-state index in [0.29, 0.717) is 36.1 Å². The van der Waals surface area contributed by atoms with Gasteiger partial charge in [-0.3, -0.25) is 4.79 Å². The van der Waals surface area contributed by atoms with Crippen LogP contribution in [0.15, 0.2) is 36.4 Å². The zero-order chi connectivity index (χ0) is 20.5. The van der Waals surface area contributed by atoms with E-state index in [9.17, 15) is 9.59 Å². The van der Waals surface area contributed by atoms with Gasteiger partial charge in [0.1, 0.15) is 5.75 Å². The molecule has 1 amide bonds. The van der Waals surface area contributed by atoms with Gasteiger partial charge >= 0.3 is 5.97 Å². The molecule has 28 heavy (non-hydrogen) atoms. The smallest absolute Gasteiger partial charge is 0.338 e. The summed E-state index contributed by atoms with van der Waals surface area (Å²) < 4.78 is 21.1. The minimum absolute atomic E-state index is 0.146. The number of benzene rings is 2. The van der Waals surface area contributed by atoms with Crippen LogP contribution in [0.4, 0.5) is 5.69 Å². The number of hydrogen-bond acceptors (Lipinski definition) is 6. The Balaban J connectivity index is 2.02. The maximum atomic E-state index is 12.3. The lowest BCUT2D eigenvalue weighted by Gasteiger charge is -2.13. The number of hydrogen-bond donors (Lipinski definition) is 1. The van der Waals surface area contributed by atoms with E-state index in [1.807, 2.05) is 6.92 Å². The fourth-order valence-electron chi connectivity index (χ4n) is 2.37. The highest BCUT2D eigenvalue weighted by atomic mass is 35.5. The molecule has 2 rings (SSSR count). The molecule has 2 aromatic rings. The van der Waals surface area contributed by atoms with E-state index < -0.39 is 18.5 Å². The molecule has 0 aliphatic heterocycles. The molecule has 0 aromatic heterocycles. The van der Waals surface area contributed by atoms with Gasteiger partial charge in [0, 0.05) is 0 Å². The number of carbonyl (C=O) groups is 2. The van der Waals surface area contributed by atoms with Crippen LogP contribution in [0, 0.1) is 0 Å². The Labute approximate surface area is 168 Å². The van der Waals surface area contributed by atoms with Crippen molar-refractivity contribution in [2.45, 2.75) is 13.8 Å². The lowest BCUT2D eigenvalue weighted by Crippen LogP contribution is -2.21. The summed E-state index contributed by atoms with van der Waals surface area (Å²) in [7, 11) is 1.44. The largest absolute Gasteiger partial charge is 0.493 e. The van der Waals surface area contributed by atoms with E-state index in [4.69, 9.17) is 30.5 Å². The fourth-order valence-corrected chi connectivity index (χ4v) is 2.64. The third-order valence-corrected chi connectivity index (χ3v) is 3.83. The van der Waals surface area contributed by atoms with Crippen LogP contribution < -0.4 is 19.5 Å². The zero-order valence-corrected chi connectivity index (χ0v) is 16.7. The van der Waals surface area contributed by atoms with Crippen molar-refractivity contribution >= 4 is 29.2 Å². The van der Waals surface area contributed by atoms with Crippen LogP contribution in [0.5, 0.6) is 17.2 Å². The van der Waals surface area contributed by atoms with E-state index in [0.717, 1.165) is 0 Å². The van der Waals surface area contributed by atoms with Gasteiger partial charge in [0.25, 0.3) is 5.91 Å². The van der Waals surface area contributed by atoms with E-state index in [1.165, 1.54) is 19.2 Å². The Morgan fingerprint density at radius 3 is 2.43 bits per heavy atom. The van der Waals surface area contributed by atoms with Crippen LogP contribution in [-0.2, 0) is 9.53 Å². The summed E-state index contributed by atoms with van der Waals surface area (Å²) >= 11 is 6.15. The number of nitrogens with one attached hydrogen (secondary N) is 1. The summed E-state index contributed by atoms with van der Waals surface area (Å²) in [5.41, 5.74) is 0.643. The molecule has 0 spiro atoms. The monoisotopic (exact) mass is 407 g/mol. The predicted octanol–water partition coefficient (Wildman–Crippen LogP) is 3.94. The molecule has 0 atom stereocenters. The molecule has 8 heteroatoms. The number of para-hydroxylation sites is 2. The quantitative estimate of drug-likeness (QED) is 0.634. The molecule has 150 valence electrons. The highest BCUT2D eigenvalue weighted by molar-refractivity contribution is 6.32. The minimum atomic E-state index is -0.712. The van der Waals surface area contributed by atoms with Gasteiger partial charge in [0.15, 0.2) is 18.1 Å².